The maximum atomic E-state index is 12.8. The number of halogens is 1. The van der Waals surface area contributed by atoms with Crippen LogP contribution in [0.15, 0.2) is 33.6 Å². The summed E-state index contributed by atoms with van der Waals surface area (Å²) in [4.78, 5) is 0.226. The molecule has 1 aromatic rings. The second-order valence-corrected chi connectivity index (χ2v) is 11.4. The van der Waals surface area contributed by atoms with Crippen LogP contribution in [0.3, 0.4) is 0 Å². The molecule has 146 valence electrons. The fourth-order valence-corrected chi connectivity index (χ4v) is 6.69. The van der Waals surface area contributed by atoms with Gasteiger partial charge in [0.25, 0.3) is 10.2 Å². The Morgan fingerprint density at radius 3 is 1.65 bits per heavy atom. The molecule has 7 nitrogen and oxygen atoms in total. The molecule has 2 fully saturated rings. The van der Waals surface area contributed by atoms with Crippen molar-refractivity contribution in [3.05, 3.63) is 28.7 Å². The third-order valence-electron chi connectivity index (χ3n) is 4.87. The van der Waals surface area contributed by atoms with E-state index < -0.39 is 20.2 Å². The maximum absolute atomic E-state index is 12.8. The highest BCUT2D eigenvalue weighted by Gasteiger charge is 2.35. The summed E-state index contributed by atoms with van der Waals surface area (Å²) in [6.45, 7) is 1.83. The zero-order valence-electron chi connectivity index (χ0n) is 14.5. The summed E-state index contributed by atoms with van der Waals surface area (Å²) >= 11 is 3.29. The number of rotatable bonds is 4. The predicted octanol–water partition coefficient (Wildman–Crippen LogP) is 1.88. The number of piperazine rings is 1. The predicted molar refractivity (Wildman–Crippen MR) is 103 cm³/mol. The first-order valence-corrected chi connectivity index (χ1v) is 12.5. The van der Waals surface area contributed by atoms with E-state index in [1.165, 1.54) is 8.61 Å². The Labute approximate surface area is 164 Å². The Bertz CT molecular complexity index is 812. The number of hydrogen-bond acceptors (Lipinski definition) is 4. The summed E-state index contributed by atoms with van der Waals surface area (Å²) in [5, 5.41) is 0. The van der Waals surface area contributed by atoms with Gasteiger partial charge in [-0.3, -0.25) is 0 Å². The molecule has 2 aliphatic rings. The van der Waals surface area contributed by atoms with Gasteiger partial charge in [-0.25, -0.2) is 8.42 Å². The molecule has 0 unspecified atom stereocenters. The summed E-state index contributed by atoms with van der Waals surface area (Å²) in [6.07, 6.45) is 3.89. The van der Waals surface area contributed by atoms with Crippen LogP contribution in [0.25, 0.3) is 0 Å². The van der Waals surface area contributed by atoms with Gasteiger partial charge < -0.3 is 0 Å². The zero-order valence-corrected chi connectivity index (χ0v) is 17.8. The molecule has 0 radical (unpaired) electrons. The largest absolute Gasteiger partial charge is 0.282 e. The molecule has 0 amide bonds. The van der Waals surface area contributed by atoms with Crippen molar-refractivity contribution >= 4 is 36.2 Å². The molecule has 0 aromatic heterocycles. The van der Waals surface area contributed by atoms with Crippen molar-refractivity contribution in [2.75, 3.05) is 39.3 Å². The Balaban J connectivity index is 1.67. The highest BCUT2D eigenvalue weighted by Crippen LogP contribution is 2.22. The minimum absolute atomic E-state index is 0.172. The minimum Gasteiger partial charge on any atom is -0.207 e. The van der Waals surface area contributed by atoms with E-state index in [1.807, 2.05) is 0 Å². The number of nitrogens with zero attached hydrogens (tertiary/aromatic N) is 3. The smallest absolute Gasteiger partial charge is 0.207 e. The summed E-state index contributed by atoms with van der Waals surface area (Å²) in [5.74, 6) is 0. The molecule has 10 heteroatoms. The van der Waals surface area contributed by atoms with Crippen molar-refractivity contribution < 1.29 is 16.8 Å². The van der Waals surface area contributed by atoms with E-state index >= 15 is 0 Å². The molecular weight excluding hydrogens is 442 g/mol. The van der Waals surface area contributed by atoms with E-state index in [4.69, 9.17) is 0 Å². The monoisotopic (exact) mass is 465 g/mol. The Morgan fingerprint density at radius 1 is 0.654 bits per heavy atom. The molecule has 0 aliphatic carbocycles. The van der Waals surface area contributed by atoms with Crippen LogP contribution in [-0.4, -0.2) is 69.0 Å². The van der Waals surface area contributed by atoms with E-state index in [-0.39, 0.29) is 31.1 Å². The van der Waals surface area contributed by atoms with Gasteiger partial charge in [0.1, 0.15) is 0 Å². The topological polar surface area (TPSA) is 78.0 Å². The maximum Gasteiger partial charge on any atom is 0.282 e. The van der Waals surface area contributed by atoms with Gasteiger partial charge in [-0.15, -0.1) is 0 Å². The van der Waals surface area contributed by atoms with Crippen molar-refractivity contribution in [3.63, 3.8) is 0 Å². The van der Waals surface area contributed by atoms with E-state index in [2.05, 4.69) is 15.9 Å². The second kappa shape index (κ2) is 8.24. The van der Waals surface area contributed by atoms with Gasteiger partial charge >= 0.3 is 0 Å². The van der Waals surface area contributed by atoms with Crippen LogP contribution in [0.5, 0.6) is 0 Å². The Kier molecular flexibility index (Phi) is 6.41. The van der Waals surface area contributed by atoms with Gasteiger partial charge in [0, 0.05) is 43.7 Å². The van der Waals surface area contributed by atoms with Crippen LogP contribution in [0.4, 0.5) is 0 Å². The van der Waals surface area contributed by atoms with Crippen LogP contribution in [0.2, 0.25) is 0 Å². The molecular formula is C16H24BrN3O4S2. The van der Waals surface area contributed by atoms with Gasteiger partial charge in [-0.2, -0.15) is 21.3 Å². The molecule has 3 rings (SSSR count). The van der Waals surface area contributed by atoms with E-state index in [1.54, 1.807) is 28.6 Å². The lowest BCUT2D eigenvalue weighted by Gasteiger charge is -2.35. The first-order valence-electron chi connectivity index (χ1n) is 8.83. The fourth-order valence-electron chi connectivity index (χ4n) is 3.33. The van der Waals surface area contributed by atoms with Crippen LogP contribution < -0.4 is 0 Å². The number of sulfonamides is 1. The van der Waals surface area contributed by atoms with Crippen molar-refractivity contribution in [1.82, 2.24) is 12.9 Å². The van der Waals surface area contributed by atoms with E-state index in [9.17, 15) is 16.8 Å². The molecule has 2 heterocycles. The van der Waals surface area contributed by atoms with Crippen LogP contribution in [0.1, 0.15) is 25.7 Å². The molecule has 2 saturated heterocycles. The molecule has 0 atom stereocenters. The van der Waals surface area contributed by atoms with Crippen molar-refractivity contribution in [1.29, 1.82) is 0 Å². The fraction of sp³-hybridized carbons (Fsp3) is 0.625. The summed E-state index contributed by atoms with van der Waals surface area (Å²) in [6, 6.07) is 6.49. The lowest BCUT2D eigenvalue weighted by atomic mass is 10.2. The normalized spacial score (nSPS) is 22.2. The summed E-state index contributed by atoms with van der Waals surface area (Å²) < 4.78 is 56.3. The highest BCUT2D eigenvalue weighted by molar-refractivity contribution is 9.10. The third-order valence-corrected chi connectivity index (χ3v) is 9.34. The number of hydrogen-bond donors (Lipinski definition) is 0. The number of benzene rings is 1. The van der Waals surface area contributed by atoms with Crippen LogP contribution in [-0.2, 0) is 20.2 Å². The SMILES string of the molecule is O=S(=O)(c1ccc(Br)cc1)N1CCN(S(=O)(=O)N2CCCCCC2)CC1. The Hall–Kier alpha value is -0.520. The van der Waals surface area contributed by atoms with Gasteiger partial charge in [0.2, 0.25) is 10.0 Å². The van der Waals surface area contributed by atoms with Gasteiger partial charge in [-0.05, 0) is 37.1 Å². The third kappa shape index (κ3) is 4.31. The van der Waals surface area contributed by atoms with Crippen LogP contribution in [0, 0.1) is 0 Å². The van der Waals surface area contributed by atoms with Gasteiger partial charge in [-0.1, -0.05) is 28.8 Å². The van der Waals surface area contributed by atoms with Crippen molar-refractivity contribution in [3.8, 4) is 0 Å². The van der Waals surface area contributed by atoms with Crippen molar-refractivity contribution in [2.45, 2.75) is 30.6 Å². The molecule has 1 aromatic carbocycles. The van der Waals surface area contributed by atoms with Gasteiger partial charge in [0.15, 0.2) is 0 Å². The first-order chi connectivity index (χ1) is 12.3. The average molecular weight is 466 g/mol. The second-order valence-electron chi connectivity index (χ2n) is 6.58. The molecule has 0 spiro atoms. The molecule has 0 bridgehead atoms. The minimum atomic E-state index is -3.60. The highest BCUT2D eigenvalue weighted by atomic mass is 79.9. The quantitative estimate of drug-likeness (QED) is 0.679. The molecule has 26 heavy (non-hydrogen) atoms. The summed E-state index contributed by atoms with van der Waals surface area (Å²) in [5.41, 5.74) is 0. The van der Waals surface area contributed by atoms with Crippen LogP contribution >= 0.6 is 15.9 Å². The molecule has 0 N–H and O–H groups in total. The van der Waals surface area contributed by atoms with E-state index in [0.717, 1.165) is 30.2 Å². The molecule has 0 saturated carbocycles. The Morgan fingerprint density at radius 2 is 1.12 bits per heavy atom. The lowest BCUT2D eigenvalue weighted by Crippen LogP contribution is -2.54. The zero-order chi connectivity index (χ0) is 18.8. The van der Waals surface area contributed by atoms with Crippen molar-refractivity contribution in [2.24, 2.45) is 0 Å². The first kappa shape index (κ1) is 20.2. The lowest BCUT2D eigenvalue weighted by molar-refractivity contribution is 0.254. The van der Waals surface area contributed by atoms with E-state index in [0.29, 0.717) is 13.1 Å². The standard InChI is InChI=1S/C16H24BrN3O4S2/c17-15-5-7-16(8-6-15)25(21,22)18-11-13-20(14-12-18)26(23,24)19-9-3-1-2-4-10-19/h5-8H,1-4,9-14H2. The molecule has 2 aliphatic heterocycles. The summed E-state index contributed by atoms with van der Waals surface area (Å²) in [7, 11) is -7.11. The van der Waals surface area contributed by atoms with Gasteiger partial charge in [0.05, 0.1) is 4.90 Å². The average Bonchev–Trinajstić information content (AvgIpc) is 2.92.